The topological polar surface area (TPSA) is 26.3 Å². The van der Waals surface area contributed by atoms with Crippen molar-refractivity contribution in [3.05, 3.63) is 28.8 Å². The molecule has 0 amide bonds. The molecule has 1 rings (SSSR count). The van der Waals surface area contributed by atoms with Crippen LogP contribution in [-0.2, 0) is 4.79 Å². The molecule has 3 heteroatoms. The van der Waals surface area contributed by atoms with Crippen molar-refractivity contribution in [1.82, 2.24) is 0 Å². The molecule has 0 aliphatic carbocycles. The Kier molecular flexibility index (Phi) is 3.77. The molecule has 0 aliphatic rings. The number of ether oxygens (including phenoxy) is 1. The Bertz CT molecular complexity index is 297. The largest absolute Gasteiger partial charge is 0.492 e. The first-order chi connectivity index (χ1) is 6.24. The first-order valence-electron chi connectivity index (χ1n) is 4.06. The summed E-state index contributed by atoms with van der Waals surface area (Å²) >= 11 is 5.86. The van der Waals surface area contributed by atoms with Crippen molar-refractivity contribution < 1.29 is 9.53 Å². The molecule has 1 aromatic rings. The summed E-state index contributed by atoms with van der Waals surface area (Å²) in [5.74, 6) is 0.642. The highest BCUT2D eigenvalue weighted by Gasteiger charge is 2.00. The molecular weight excluding hydrogens is 188 g/mol. The van der Waals surface area contributed by atoms with Crippen LogP contribution in [0.2, 0.25) is 5.02 Å². The molecule has 0 unspecified atom stereocenters. The maximum absolute atomic E-state index is 10.0. The maximum Gasteiger partial charge on any atom is 0.138 e. The van der Waals surface area contributed by atoms with E-state index in [0.29, 0.717) is 23.8 Å². The molecule has 0 saturated carbocycles. The maximum atomic E-state index is 10.0. The lowest BCUT2D eigenvalue weighted by atomic mass is 10.2. The summed E-state index contributed by atoms with van der Waals surface area (Å²) in [5.41, 5.74) is 1.09. The average Bonchev–Trinajstić information content (AvgIpc) is 2.11. The molecule has 0 aliphatic heterocycles. The third-order valence-corrected chi connectivity index (χ3v) is 1.89. The second kappa shape index (κ2) is 4.87. The van der Waals surface area contributed by atoms with Gasteiger partial charge in [-0.2, -0.15) is 0 Å². The van der Waals surface area contributed by atoms with Crippen LogP contribution in [0.4, 0.5) is 0 Å². The van der Waals surface area contributed by atoms with E-state index >= 15 is 0 Å². The number of hydrogen-bond acceptors (Lipinski definition) is 2. The highest BCUT2D eigenvalue weighted by Crippen LogP contribution is 2.25. The number of benzene rings is 1. The van der Waals surface area contributed by atoms with Crippen molar-refractivity contribution in [2.45, 2.75) is 13.3 Å². The van der Waals surface area contributed by atoms with Gasteiger partial charge in [0.05, 0.1) is 11.6 Å². The van der Waals surface area contributed by atoms with Gasteiger partial charge in [-0.3, -0.25) is 0 Å². The van der Waals surface area contributed by atoms with Gasteiger partial charge in [0.2, 0.25) is 0 Å². The Morgan fingerprint density at radius 3 is 3.00 bits per heavy atom. The number of carbonyl (C=O) groups is 1. The van der Waals surface area contributed by atoms with Crippen molar-refractivity contribution in [3.63, 3.8) is 0 Å². The third kappa shape index (κ3) is 3.07. The minimum absolute atomic E-state index is 0.382. The second-order valence-electron chi connectivity index (χ2n) is 2.74. The molecule has 1 aromatic carbocycles. The van der Waals surface area contributed by atoms with Gasteiger partial charge in [0.15, 0.2) is 0 Å². The van der Waals surface area contributed by atoms with E-state index in [-0.39, 0.29) is 0 Å². The van der Waals surface area contributed by atoms with Gasteiger partial charge in [0.25, 0.3) is 0 Å². The first-order valence-corrected chi connectivity index (χ1v) is 4.44. The number of halogens is 1. The fourth-order valence-electron chi connectivity index (χ4n) is 0.938. The van der Waals surface area contributed by atoms with Gasteiger partial charge >= 0.3 is 0 Å². The smallest absolute Gasteiger partial charge is 0.138 e. The van der Waals surface area contributed by atoms with Crippen molar-refractivity contribution >= 4 is 17.9 Å². The number of carbonyl (C=O) groups excluding carboxylic acids is 1. The molecule has 0 bridgehead atoms. The van der Waals surface area contributed by atoms with Crippen molar-refractivity contribution in [1.29, 1.82) is 0 Å². The molecule has 0 heterocycles. The minimum atomic E-state index is 0.382. The average molecular weight is 199 g/mol. The number of rotatable bonds is 4. The second-order valence-corrected chi connectivity index (χ2v) is 3.14. The Morgan fingerprint density at radius 2 is 2.31 bits per heavy atom. The van der Waals surface area contributed by atoms with Crippen LogP contribution in [0.15, 0.2) is 18.2 Å². The van der Waals surface area contributed by atoms with E-state index in [0.717, 1.165) is 11.8 Å². The van der Waals surface area contributed by atoms with Crippen LogP contribution in [0.25, 0.3) is 0 Å². The quantitative estimate of drug-likeness (QED) is 0.549. The highest BCUT2D eigenvalue weighted by atomic mass is 35.5. The zero-order chi connectivity index (χ0) is 9.68. The molecule has 0 saturated heterocycles. The summed E-state index contributed by atoms with van der Waals surface area (Å²) in [4.78, 5) is 10.0. The Labute approximate surface area is 82.5 Å². The van der Waals surface area contributed by atoms with Gasteiger partial charge < -0.3 is 9.53 Å². The zero-order valence-electron chi connectivity index (χ0n) is 7.42. The Morgan fingerprint density at radius 1 is 1.54 bits per heavy atom. The van der Waals surface area contributed by atoms with Gasteiger partial charge in [-0.1, -0.05) is 17.7 Å². The van der Waals surface area contributed by atoms with E-state index in [1.807, 2.05) is 19.1 Å². The van der Waals surface area contributed by atoms with Gasteiger partial charge in [0, 0.05) is 6.42 Å². The summed E-state index contributed by atoms with van der Waals surface area (Å²) < 4.78 is 5.29. The predicted molar refractivity (Wildman–Crippen MR) is 52.4 cm³/mol. The van der Waals surface area contributed by atoms with E-state index in [9.17, 15) is 4.79 Å². The van der Waals surface area contributed by atoms with Crippen LogP contribution in [0.5, 0.6) is 5.75 Å². The molecule has 0 fully saturated rings. The third-order valence-electron chi connectivity index (χ3n) is 1.58. The fourth-order valence-corrected chi connectivity index (χ4v) is 1.11. The fraction of sp³-hybridized carbons (Fsp3) is 0.300. The molecule has 0 spiro atoms. The lowest BCUT2D eigenvalue weighted by Crippen LogP contribution is -1.98. The molecule has 2 nitrogen and oxygen atoms in total. The summed E-state index contributed by atoms with van der Waals surface area (Å²) in [6.07, 6.45) is 1.22. The molecule has 70 valence electrons. The summed E-state index contributed by atoms with van der Waals surface area (Å²) in [7, 11) is 0. The Hall–Kier alpha value is -1.02. The predicted octanol–water partition coefficient (Wildman–Crippen LogP) is 2.62. The minimum Gasteiger partial charge on any atom is -0.492 e. The molecule has 13 heavy (non-hydrogen) atoms. The number of aryl methyl sites for hydroxylation is 1. The van der Waals surface area contributed by atoms with Gasteiger partial charge in [-0.15, -0.1) is 0 Å². The van der Waals surface area contributed by atoms with Gasteiger partial charge in [-0.05, 0) is 24.6 Å². The zero-order valence-corrected chi connectivity index (χ0v) is 8.17. The van der Waals surface area contributed by atoms with E-state index in [2.05, 4.69) is 0 Å². The van der Waals surface area contributed by atoms with E-state index in [4.69, 9.17) is 16.3 Å². The van der Waals surface area contributed by atoms with E-state index in [1.54, 1.807) is 6.07 Å². The Balaban J connectivity index is 2.64. The van der Waals surface area contributed by atoms with Crippen LogP contribution >= 0.6 is 11.6 Å². The summed E-state index contributed by atoms with van der Waals surface area (Å²) in [6.45, 7) is 2.34. The molecule has 0 N–H and O–H groups in total. The van der Waals surface area contributed by atoms with Crippen LogP contribution in [0, 0.1) is 6.92 Å². The summed E-state index contributed by atoms with van der Waals surface area (Å²) in [6, 6.07) is 5.55. The normalized spacial score (nSPS) is 9.69. The van der Waals surface area contributed by atoms with E-state index in [1.165, 1.54) is 0 Å². The van der Waals surface area contributed by atoms with Gasteiger partial charge in [-0.25, -0.2) is 0 Å². The van der Waals surface area contributed by atoms with Crippen LogP contribution in [0.1, 0.15) is 12.0 Å². The van der Waals surface area contributed by atoms with Crippen LogP contribution in [0.3, 0.4) is 0 Å². The first kappa shape index (κ1) is 10.1. The highest BCUT2D eigenvalue weighted by molar-refractivity contribution is 6.32. The number of hydrogen-bond donors (Lipinski definition) is 0. The van der Waals surface area contributed by atoms with Gasteiger partial charge in [0.1, 0.15) is 12.0 Å². The van der Waals surface area contributed by atoms with E-state index < -0.39 is 0 Å². The van der Waals surface area contributed by atoms with Crippen LogP contribution in [-0.4, -0.2) is 12.9 Å². The number of aldehydes is 1. The molecular formula is C10H11ClO2. The molecule has 0 atom stereocenters. The lowest BCUT2D eigenvalue weighted by molar-refractivity contribution is -0.108. The summed E-state index contributed by atoms with van der Waals surface area (Å²) in [5, 5.41) is 0.580. The van der Waals surface area contributed by atoms with Crippen molar-refractivity contribution in [2.75, 3.05) is 6.61 Å². The molecule has 0 radical (unpaired) electrons. The standard InChI is InChI=1S/C10H11ClO2/c1-8-3-4-9(11)10(7-8)13-6-2-5-12/h3-5,7H,2,6H2,1H3. The monoisotopic (exact) mass is 198 g/mol. The lowest BCUT2D eigenvalue weighted by Gasteiger charge is -2.06. The van der Waals surface area contributed by atoms with Crippen molar-refractivity contribution in [2.24, 2.45) is 0 Å². The van der Waals surface area contributed by atoms with Crippen LogP contribution < -0.4 is 4.74 Å². The SMILES string of the molecule is Cc1ccc(Cl)c(OCCC=O)c1. The molecule has 0 aromatic heterocycles. The van der Waals surface area contributed by atoms with Crippen molar-refractivity contribution in [3.8, 4) is 5.75 Å².